The maximum atomic E-state index is 12.8. The molecule has 30 heavy (non-hydrogen) atoms. The van der Waals surface area contributed by atoms with Crippen molar-refractivity contribution < 1.29 is 14.3 Å². The molecule has 2 aromatic rings. The number of fused-ring (bicyclic) bond motifs is 3. The van der Waals surface area contributed by atoms with Gasteiger partial charge in [0.15, 0.2) is 0 Å². The number of ether oxygens (including phenoxy) is 2. The predicted octanol–water partition coefficient (Wildman–Crippen LogP) is 4.30. The topological polar surface area (TPSA) is 64.6 Å². The third-order valence-electron chi connectivity index (χ3n) is 7.07. The number of piperidine rings is 1. The van der Waals surface area contributed by atoms with Gasteiger partial charge >= 0.3 is 0 Å². The fraction of sp³-hybridized carbons (Fsp3) is 0.522. The molecule has 0 N–H and O–H groups in total. The number of aromatic nitrogens is 2. The third-order valence-corrected chi connectivity index (χ3v) is 7.31. The van der Waals surface area contributed by atoms with E-state index in [1.807, 2.05) is 23.1 Å². The number of hydrogen-bond acceptors (Lipinski definition) is 5. The van der Waals surface area contributed by atoms with E-state index in [1.54, 1.807) is 12.3 Å². The highest BCUT2D eigenvalue weighted by atomic mass is 35.5. The Morgan fingerprint density at radius 2 is 2.00 bits per heavy atom. The molecule has 0 unspecified atom stereocenters. The van der Waals surface area contributed by atoms with Crippen LogP contribution in [0.15, 0.2) is 36.7 Å². The molecule has 1 aromatic carbocycles. The lowest BCUT2D eigenvalue weighted by Crippen LogP contribution is -2.54. The van der Waals surface area contributed by atoms with Crippen LogP contribution < -0.4 is 4.74 Å². The van der Waals surface area contributed by atoms with Crippen LogP contribution in [-0.4, -0.2) is 46.3 Å². The van der Waals surface area contributed by atoms with Crippen molar-refractivity contribution in [2.75, 3.05) is 19.7 Å². The van der Waals surface area contributed by atoms with Crippen molar-refractivity contribution in [2.45, 2.75) is 44.8 Å². The predicted molar refractivity (Wildman–Crippen MR) is 113 cm³/mol. The Balaban J connectivity index is 1.33. The molecule has 4 heterocycles. The lowest BCUT2D eigenvalue weighted by atomic mass is 9.64. The highest BCUT2D eigenvalue weighted by Gasteiger charge is 2.52. The van der Waals surface area contributed by atoms with Crippen LogP contribution in [0.5, 0.6) is 5.75 Å². The van der Waals surface area contributed by atoms with E-state index in [-0.39, 0.29) is 28.9 Å². The molecule has 1 spiro atoms. The minimum atomic E-state index is -0.325. The fourth-order valence-electron chi connectivity index (χ4n) is 5.26. The molecule has 0 bridgehead atoms. The number of nitrogens with zero attached hydrogens (tertiary/aromatic N) is 3. The van der Waals surface area contributed by atoms with E-state index in [0.717, 1.165) is 43.7 Å². The summed E-state index contributed by atoms with van der Waals surface area (Å²) in [5.74, 6) is 1.14. The zero-order valence-corrected chi connectivity index (χ0v) is 18.1. The number of rotatable bonds is 1. The summed E-state index contributed by atoms with van der Waals surface area (Å²) >= 11 is 6.26. The molecule has 0 radical (unpaired) electrons. The van der Waals surface area contributed by atoms with Crippen LogP contribution in [0.1, 0.15) is 55.1 Å². The normalized spacial score (nSPS) is 26.4. The van der Waals surface area contributed by atoms with Crippen LogP contribution in [-0.2, 0) is 4.74 Å². The average Bonchev–Trinajstić information content (AvgIpc) is 2.75. The lowest BCUT2D eigenvalue weighted by Gasteiger charge is -2.54. The van der Waals surface area contributed by atoms with Gasteiger partial charge in [-0.15, -0.1) is 0 Å². The molecule has 5 rings (SSSR count). The van der Waals surface area contributed by atoms with Gasteiger partial charge in [0.2, 0.25) is 0 Å². The first-order chi connectivity index (χ1) is 14.4. The Hall–Kier alpha value is -2.18. The SMILES string of the molecule is CC1(C)Oc2ccc(Cl)cc2[C@H]2OCC3(CCN(C(=O)c4ccnnc4)CC3)C[C@@H]21. The highest BCUT2D eigenvalue weighted by molar-refractivity contribution is 6.30. The van der Waals surface area contributed by atoms with Crippen LogP contribution in [0.2, 0.25) is 5.02 Å². The molecule has 1 aromatic heterocycles. The van der Waals surface area contributed by atoms with E-state index >= 15 is 0 Å². The quantitative estimate of drug-likeness (QED) is 0.678. The molecule has 0 saturated carbocycles. The minimum absolute atomic E-state index is 0.00405. The second-order valence-electron chi connectivity index (χ2n) is 9.35. The number of hydrogen-bond donors (Lipinski definition) is 0. The molecule has 7 heteroatoms. The van der Waals surface area contributed by atoms with Gasteiger partial charge in [0.25, 0.3) is 5.91 Å². The fourth-order valence-corrected chi connectivity index (χ4v) is 5.44. The van der Waals surface area contributed by atoms with Gasteiger partial charge in [0.1, 0.15) is 11.4 Å². The van der Waals surface area contributed by atoms with Crippen LogP contribution in [0, 0.1) is 11.3 Å². The molecular formula is C23H26ClN3O3. The Kier molecular flexibility index (Phi) is 4.75. The summed E-state index contributed by atoms with van der Waals surface area (Å²) in [4.78, 5) is 14.7. The van der Waals surface area contributed by atoms with Crippen molar-refractivity contribution in [1.82, 2.24) is 15.1 Å². The molecule has 2 atom stereocenters. The Morgan fingerprint density at radius 1 is 1.20 bits per heavy atom. The molecule has 3 aliphatic rings. The Morgan fingerprint density at radius 3 is 2.73 bits per heavy atom. The Labute approximate surface area is 181 Å². The molecule has 3 aliphatic heterocycles. The summed E-state index contributed by atoms with van der Waals surface area (Å²) in [6, 6.07) is 7.51. The van der Waals surface area contributed by atoms with Gasteiger partial charge in [-0.2, -0.15) is 10.2 Å². The van der Waals surface area contributed by atoms with E-state index in [2.05, 4.69) is 24.0 Å². The van der Waals surface area contributed by atoms with Gasteiger partial charge in [0, 0.05) is 29.6 Å². The molecule has 2 fully saturated rings. The summed E-state index contributed by atoms with van der Waals surface area (Å²) in [7, 11) is 0. The third kappa shape index (κ3) is 3.36. The van der Waals surface area contributed by atoms with E-state index < -0.39 is 0 Å². The molecule has 1 amide bonds. The maximum Gasteiger partial charge on any atom is 0.255 e. The van der Waals surface area contributed by atoms with Gasteiger partial charge < -0.3 is 14.4 Å². The summed E-state index contributed by atoms with van der Waals surface area (Å²) < 4.78 is 12.9. The van der Waals surface area contributed by atoms with Crippen molar-refractivity contribution in [3.8, 4) is 5.75 Å². The smallest absolute Gasteiger partial charge is 0.255 e. The number of benzene rings is 1. The van der Waals surface area contributed by atoms with E-state index in [1.165, 1.54) is 6.20 Å². The molecule has 158 valence electrons. The standard InChI is InChI=1S/C23H26ClN3O3/c1-22(2)18-12-23(14-29-20(18)17-11-16(24)3-4-19(17)30-22)6-9-27(10-7-23)21(28)15-5-8-25-26-13-15/h3-5,8,11,13,18,20H,6-7,9-10,12,14H2,1-2H3/t18-,20+/m0/s1. The zero-order valence-electron chi connectivity index (χ0n) is 17.3. The summed E-state index contributed by atoms with van der Waals surface area (Å²) in [5.41, 5.74) is 1.40. The van der Waals surface area contributed by atoms with Gasteiger partial charge in [-0.3, -0.25) is 4.79 Å². The van der Waals surface area contributed by atoms with Crippen LogP contribution >= 0.6 is 11.6 Å². The van der Waals surface area contributed by atoms with Gasteiger partial charge in [-0.05, 0) is 62.8 Å². The van der Waals surface area contributed by atoms with Crippen LogP contribution in [0.3, 0.4) is 0 Å². The maximum absolute atomic E-state index is 12.8. The van der Waals surface area contributed by atoms with Crippen molar-refractivity contribution in [1.29, 1.82) is 0 Å². The molecule has 6 nitrogen and oxygen atoms in total. The minimum Gasteiger partial charge on any atom is -0.487 e. The summed E-state index contributed by atoms with van der Waals surface area (Å²) in [6.45, 7) is 6.46. The average molecular weight is 428 g/mol. The summed E-state index contributed by atoms with van der Waals surface area (Å²) in [6.07, 6.45) is 5.97. The van der Waals surface area contributed by atoms with Crippen molar-refractivity contribution >= 4 is 17.5 Å². The van der Waals surface area contributed by atoms with E-state index in [4.69, 9.17) is 21.1 Å². The lowest BCUT2D eigenvalue weighted by molar-refractivity contribution is -0.173. The van der Waals surface area contributed by atoms with Crippen LogP contribution in [0.25, 0.3) is 0 Å². The zero-order chi connectivity index (χ0) is 20.9. The van der Waals surface area contributed by atoms with Crippen molar-refractivity contribution in [2.24, 2.45) is 11.3 Å². The number of amides is 1. The first kappa shape index (κ1) is 19.8. The second-order valence-corrected chi connectivity index (χ2v) is 9.79. The van der Waals surface area contributed by atoms with Crippen LogP contribution in [0.4, 0.5) is 0 Å². The van der Waals surface area contributed by atoms with Gasteiger partial charge in [-0.25, -0.2) is 0 Å². The number of halogens is 1. The van der Waals surface area contributed by atoms with Gasteiger partial charge in [-0.1, -0.05) is 11.6 Å². The van der Waals surface area contributed by atoms with Gasteiger partial charge in [0.05, 0.1) is 30.7 Å². The highest BCUT2D eigenvalue weighted by Crippen LogP contribution is 2.55. The first-order valence-electron chi connectivity index (χ1n) is 10.5. The number of carbonyl (C=O) groups is 1. The molecular weight excluding hydrogens is 402 g/mol. The second kappa shape index (κ2) is 7.20. The molecule has 2 saturated heterocycles. The number of likely N-dealkylation sites (tertiary alicyclic amines) is 1. The largest absolute Gasteiger partial charge is 0.487 e. The first-order valence-corrected chi connectivity index (χ1v) is 10.9. The van der Waals surface area contributed by atoms with E-state index in [0.29, 0.717) is 17.2 Å². The van der Waals surface area contributed by atoms with Crippen molar-refractivity contribution in [3.05, 3.63) is 52.8 Å². The molecule has 0 aliphatic carbocycles. The summed E-state index contributed by atoms with van der Waals surface area (Å²) in [5, 5.41) is 8.29. The number of carbonyl (C=O) groups excluding carboxylic acids is 1. The monoisotopic (exact) mass is 427 g/mol. The van der Waals surface area contributed by atoms with E-state index in [9.17, 15) is 4.79 Å². The Bertz CT molecular complexity index is 957. The van der Waals surface area contributed by atoms with Crippen molar-refractivity contribution in [3.63, 3.8) is 0 Å².